The maximum absolute atomic E-state index is 13.2. The molecule has 2 saturated heterocycles. The lowest BCUT2D eigenvalue weighted by Crippen LogP contribution is -2.53. The summed E-state index contributed by atoms with van der Waals surface area (Å²) in [6, 6.07) is 13.7. The molecule has 2 aromatic rings. The molecule has 34 heavy (non-hydrogen) atoms. The molecule has 2 heterocycles. The van der Waals surface area contributed by atoms with Crippen molar-refractivity contribution in [2.75, 3.05) is 46.9 Å². The number of hydrogen-bond acceptors (Lipinski definition) is 7. The topological polar surface area (TPSA) is 96.5 Å². The maximum atomic E-state index is 13.2. The molecule has 0 N–H and O–H groups in total. The van der Waals surface area contributed by atoms with Crippen molar-refractivity contribution in [2.24, 2.45) is 0 Å². The number of sulfonamides is 1. The Morgan fingerprint density at radius 3 is 2.24 bits per heavy atom. The second-order valence-corrected chi connectivity index (χ2v) is 10.2. The lowest BCUT2D eigenvalue weighted by atomic mass is 10.1. The first kappa shape index (κ1) is 24.2. The molecule has 0 aromatic heterocycles. The van der Waals surface area contributed by atoms with E-state index in [0.717, 1.165) is 5.56 Å². The molecule has 0 saturated carbocycles. The largest absolute Gasteiger partial charge is 0.493 e. The molecule has 2 aromatic carbocycles. The number of methoxy groups -OCH3 is 2. The van der Waals surface area contributed by atoms with Crippen LogP contribution in [0, 0.1) is 0 Å². The Kier molecular flexibility index (Phi) is 7.20. The molecule has 0 radical (unpaired) electrons. The Bertz CT molecular complexity index is 1150. The second-order valence-electron chi connectivity index (χ2n) is 8.30. The summed E-state index contributed by atoms with van der Waals surface area (Å²) in [7, 11) is -0.788. The van der Waals surface area contributed by atoms with E-state index in [4.69, 9.17) is 9.47 Å². The van der Waals surface area contributed by atoms with Crippen molar-refractivity contribution in [1.82, 2.24) is 14.1 Å². The van der Waals surface area contributed by atoms with Gasteiger partial charge in [0.05, 0.1) is 31.6 Å². The molecule has 2 aliphatic heterocycles. The van der Waals surface area contributed by atoms with E-state index < -0.39 is 16.1 Å². The second kappa shape index (κ2) is 10.1. The third-order valence-electron chi connectivity index (χ3n) is 6.39. The summed E-state index contributed by atoms with van der Waals surface area (Å²) in [6.45, 7) is 1.58. The van der Waals surface area contributed by atoms with Crippen molar-refractivity contribution in [1.29, 1.82) is 0 Å². The fourth-order valence-corrected chi connectivity index (χ4v) is 5.89. The molecule has 2 aliphatic rings. The van der Waals surface area contributed by atoms with E-state index in [1.807, 2.05) is 35.2 Å². The number of rotatable bonds is 8. The fraction of sp³-hybridized carbons (Fsp3) is 0.417. The summed E-state index contributed by atoms with van der Waals surface area (Å²) in [6.07, 6.45) is 0.748. The number of piperazine rings is 1. The molecule has 1 atom stereocenters. The van der Waals surface area contributed by atoms with Gasteiger partial charge in [-0.05, 0) is 24.1 Å². The smallest absolute Gasteiger partial charge is 0.247 e. The lowest BCUT2D eigenvalue weighted by molar-refractivity contribution is -0.139. The molecule has 182 valence electrons. The van der Waals surface area contributed by atoms with Crippen LogP contribution >= 0.6 is 0 Å². The molecule has 0 aliphatic carbocycles. The van der Waals surface area contributed by atoms with Crippen LogP contribution in [0.4, 0.5) is 0 Å². The highest BCUT2D eigenvalue weighted by atomic mass is 32.2. The zero-order chi connectivity index (χ0) is 24.3. The summed E-state index contributed by atoms with van der Waals surface area (Å²) in [4.78, 5) is 28.9. The standard InChI is InChI=1S/C24H29N3O6S/c1-32-21-9-8-19(16-22(21)33-2)34(30,31)26-14-12-25(13-15-26)20-17-23(28)27(24(20)29)11-10-18-6-4-3-5-7-18/h3-9,16,20H,10-15,17H2,1-2H3. The first-order valence-corrected chi connectivity index (χ1v) is 12.6. The highest BCUT2D eigenvalue weighted by Gasteiger charge is 2.43. The monoisotopic (exact) mass is 487 g/mol. The third kappa shape index (κ3) is 4.79. The minimum absolute atomic E-state index is 0.123. The highest BCUT2D eigenvalue weighted by Crippen LogP contribution is 2.31. The van der Waals surface area contributed by atoms with E-state index in [-0.39, 0.29) is 36.2 Å². The molecule has 1 unspecified atom stereocenters. The van der Waals surface area contributed by atoms with Crippen LogP contribution < -0.4 is 9.47 Å². The van der Waals surface area contributed by atoms with E-state index in [2.05, 4.69) is 0 Å². The van der Waals surface area contributed by atoms with Gasteiger partial charge in [0.25, 0.3) is 0 Å². The van der Waals surface area contributed by atoms with Crippen LogP contribution in [0.1, 0.15) is 12.0 Å². The SMILES string of the molecule is COc1ccc(S(=O)(=O)N2CCN(C3CC(=O)N(CCc4ccccc4)C3=O)CC2)cc1OC. The normalized spacial score (nSPS) is 20.1. The summed E-state index contributed by atoms with van der Waals surface area (Å²) in [5.74, 6) is 0.420. The van der Waals surface area contributed by atoms with Crippen molar-refractivity contribution < 1.29 is 27.5 Å². The van der Waals surface area contributed by atoms with Gasteiger partial charge in [0.1, 0.15) is 0 Å². The number of nitrogens with zero attached hydrogens (tertiary/aromatic N) is 3. The first-order chi connectivity index (χ1) is 16.3. The molecule has 9 nitrogen and oxygen atoms in total. The molecule has 10 heteroatoms. The van der Waals surface area contributed by atoms with Crippen LogP contribution in [0.15, 0.2) is 53.4 Å². The number of carbonyl (C=O) groups is 2. The van der Waals surface area contributed by atoms with Crippen LogP contribution in [0.3, 0.4) is 0 Å². The van der Waals surface area contributed by atoms with Gasteiger partial charge in [-0.3, -0.25) is 19.4 Å². The maximum Gasteiger partial charge on any atom is 0.247 e. The number of amides is 2. The molecule has 0 spiro atoms. The summed E-state index contributed by atoms with van der Waals surface area (Å²) in [5.41, 5.74) is 1.07. The van der Waals surface area contributed by atoms with Crippen molar-refractivity contribution >= 4 is 21.8 Å². The predicted molar refractivity (Wildman–Crippen MR) is 125 cm³/mol. The Morgan fingerprint density at radius 2 is 1.59 bits per heavy atom. The van der Waals surface area contributed by atoms with E-state index in [0.29, 0.717) is 37.6 Å². The summed E-state index contributed by atoms with van der Waals surface area (Å²) >= 11 is 0. The Labute approximate surface area is 199 Å². The lowest BCUT2D eigenvalue weighted by Gasteiger charge is -2.36. The number of imide groups is 1. The summed E-state index contributed by atoms with van der Waals surface area (Å²) < 4.78 is 38.1. The summed E-state index contributed by atoms with van der Waals surface area (Å²) in [5, 5.41) is 0. The Balaban J connectivity index is 1.38. The molecule has 4 rings (SSSR count). The highest BCUT2D eigenvalue weighted by molar-refractivity contribution is 7.89. The van der Waals surface area contributed by atoms with Gasteiger partial charge in [0.15, 0.2) is 11.5 Å². The van der Waals surface area contributed by atoms with Crippen molar-refractivity contribution in [3.8, 4) is 11.5 Å². The van der Waals surface area contributed by atoms with E-state index in [1.54, 1.807) is 6.07 Å². The number of hydrogen-bond donors (Lipinski definition) is 0. The van der Waals surface area contributed by atoms with Crippen molar-refractivity contribution in [2.45, 2.75) is 23.8 Å². The number of likely N-dealkylation sites (tertiary alicyclic amines) is 1. The van der Waals surface area contributed by atoms with E-state index in [9.17, 15) is 18.0 Å². The predicted octanol–water partition coefficient (Wildman–Crippen LogP) is 1.38. The Morgan fingerprint density at radius 1 is 0.912 bits per heavy atom. The van der Waals surface area contributed by atoms with E-state index >= 15 is 0 Å². The van der Waals surface area contributed by atoms with Gasteiger partial charge in [0.2, 0.25) is 21.8 Å². The van der Waals surface area contributed by atoms with Gasteiger partial charge in [-0.2, -0.15) is 4.31 Å². The first-order valence-electron chi connectivity index (χ1n) is 11.2. The average molecular weight is 488 g/mol. The van der Waals surface area contributed by atoms with Gasteiger partial charge in [0, 0.05) is 38.8 Å². The zero-order valence-electron chi connectivity index (χ0n) is 19.3. The molecule has 2 amide bonds. The van der Waals surface area contributed by atoms with Gasteiger partial charge in [-0.1, -0.05) is 30.3 Å². The van der Waals surface area contributed by atoms with Crippen LogP contribution in [-0.2, 0) is 26.0 Å². The van der Waals surface area contributed by atoms with Crippen molar-refractivity contribution in [3.05, 3.63) is 54.1 Å². The molecular weight excluding hydrogens is 458 g/mol. The Hall–Kier alpha value is -2.95. The quantitative estimate of drug-likeness (QED) is 0.519. The van der Waals surface area contributed by atoms with Gasteiger partial charge >= 0.3 is 0 Å². The van der Waals surface area contributed by atoms with E-state index in [1.165, 1.54) is 35.6 Å². The van der Waals surface area contributed by atoms with Crippen LogP contribution in [0.5, 0.6) is 11.5 Å². The zero-order valence-corrected chi connectivity index (χ0v) is 20.2. The van der Waals surface area contributed by atoms with Crippen molar-refractivity contribution in [3.63, 3.8) is 0 Å². The molecule has 2 fully saturated rings. The van der Waals surface area contributed by atoms with Crippen LogP contribution in [-0.4, -0.2) is 87.3 Å². The van der Waals surface area contributed by atoms with Gasteiger partial charge in [-0.25, -0.2) is 8.42 Å². The van der Waals surface area contributed by atoms with Gasteiger partial charge < -0.3 is 9.47 Å². The van der Waals surface area contributed by atoms with Crippen LogP contribution in [0.2, 0.25) is 0 Å². The molecular formula is C24H29N3O6S. The third-order valence-corrected chi connectivity index (χ3v) is 8.29. The minimum atomic E-state index is -3.73. The fourth-order valence-electron chi connectivity index (χ4n) is 4.45. The number of carbonyl (C=O) groups excluding carboxylic acids is 2. The number of ether oxygens (including phenoxy) is 2. The van der Waals surface area contributed by atoms with Gasteiger partial charge in [-0.15, -0.1) is 0 Å². The average Bonchev–Trinajstić information content (AvgIpc) is 3.15. The number of benzene rings is 2. The molecule has 0 bridgehead atoms. The minimum Gasteiger partial charge on any atom is -0.493 e. The van der Waals surface area contributed by atoms with Crippen LogP contribution in [0.25, 0.3) is 0 Å².